The molecule has 3 aliphatic carbocycles. The minimum absolute atomic E-state index is 0.101. The van der Waals surface area contributed by atoms with Crippen molar-refractivity contribution in [2.75, 3.05) is 6.54 Å². The van der Waals surface area contributed by atoms with Crippen LogP contribution in [0.4, 0.5) is 13.2 Å². The molecule has 0 saturated heterocycles. The van der Waals surface area contributed by atoms with E-state index < -0.39 is 12.1 Å². The third kappa shape index (κ3) is 2.60. The summed E-state index contributed by atoms with van der Waals surface area (Å²) < 4.78 is 36.2. The van der Waals surface area contributed by atoms with Crippen LogP contribution in [0.5, 0.6) is 0 Å². The molecule has 17 heavy (non-hydrogen) atoms. The molecule has 0 spiro atoms. The quantitative estimate of drug-likeness (QED) is 0.743. The Hall–Kier alpha value is -0.675. The predicted molar refractivity (Wildman–Crippen MR) is 57.6 cm³/mol. The number of carbonyl (C=O) groups excluding carboxylic acids is 1. The van der Waals surface area contributed by atoms with Crippen molar-refractivity contribution in [3.05, 3.63) is 0 Å². The van der Waals surface area contributed by atoms with Crippen LogP contribution in [0.2, 0.25) is 5.31 Å². The van der Waals surface area contributed by atoms with E-state index in [0.29, 0.717) is 0 Å². The molecular formula is C11H15BF3NO. The summed E-state index contributed by atoms with van der Waals surface area (Å²) in [7, 11) is 6.11. The lowest BCUT2D eigenvalue weighted by molar-refractivity contribution is -0.174. The molecule has 3 fully saturated rings. The van der Waals surface area contributed by atoms with Crippen molar-refractivity contribution in [3.63, 3.8) is 0 Å². The van der Waals surface area contributed by atoms with E-state index in [1.54, 1.807) is 0 Å². The summed E-state index contributed by atoms with van der Waals surface area (Å²) in [4.78, 5) is 10.8. The Morgan fingerprint density at radius 2 is 1.59 bits per heavy atom. The number of hydrogen-bond donors (Lipinski definition) is 1. The highest BCUT2D eigenvalue weighted by Crippen LogP contribution is 2.59. The third-order valence-electron chi connectivity index (χ3n) is 4.34. The van der Waals surface area contributed by atoms with E-state index in [2.05, 4.69) is 0 Å². The molecule has 3 aliphatic rings. The van der Waals surface area contributed by atoms with Gasteiger partial charge in [0.15, 0.2) is 0 Å². The molecule has 0 aliphatic heterocycles. The smallest absolute Gasteiger partial charge is 0.348 e. The van der Waals surface area contributed by atoms with Crippen LogP contribution in [-0.4, -0.2) is 26.5 Å². The number of fused-ring (bicyclic) bond motifs is 3. The molecule has 6 heteroatoms. The zero-order valence-corrected chi connectivity index (χ0v) is 9.57. The third-order valence-corrected chi connectivity index (χ3v) is 4.34. The van der Waals surface area contributed by atoms with Gasteiger partial charge in [0.1, 0.15) is 0 Å². The van der Waals surface area contributed by atoms with Crippen LogP contribution in [0.1, 0.15) is 38.5 Å². The first kappa shape index (κ1) is 12.8. The maximum Gasteiger partial charge on any atom is 0.471 e. The number of alkyl halides is 3. The summed E-state index contributed by atoms with van der Waals surface area (Å²) in [5.74, 6) is -1.83. The highest BCUT2D eigenvalue weighted by atomic mass is 19.4. The van der Waals surface area contributed by atoms with Gasteiger partial charge in [-0.05, 0) is 24.7 Å². The monoisotopic (exact) mass is 245 g/mol. The molecule has 2 bridgehead atoms. The molecule has 2 radical (unpaired) electrons. The van der Waals surface area contributed by atoms with Gasteiger partial charge in [0.2, 0.25) is 0 Å². The Morgan fingerprint density at radius 1 is 1.12 bits per heavy atom. The first-order valence-electron chi connectivity index (χ1n) is 5.89. The van der Waals surface area contributed by atoms with E-state index in [-0.39, 0.29) is 17.3 Å². The molecule has 0 heterocycles. The number of halogens is 3. The number of rotatable bonds is 2. The van der Waals surface area contributed by atoms with Crippen LogP contribution >= 0.6 is 0 Å². The molecule has 1 N–H and O–H groups in total. The second kappa shape index (κ2) is 3.92. The van der Waals surface area contributed by atoms with Crippen LogP contribution < -0.4 is 5.32 Å². The fourth-order valence-corrected chi connectivity index (χ4v) is 2.93. The Bertz CT molecular complexity index is 305. The lowest BCUT2D eigenvalue weighted by atomic mass is 9.46. The van der Waals surface area contributed by atoms with Gasteiger partial charge >= 0.3 is 12.1 Å². The van der Waals surface area contributed by atoms with E-state index in [1.807, 2.05) is 5.32 Å². The zero-order chi connectivity index (χ0) is 12.7. The second-order valence-electron chi connectivity index (χ2n) is 5.54. The molecule has 1 amide bonds. The van der Waals surface area contributed by atoms with Crippen LogP contribution in [0.3, 0.4) is 0 Å². The molecular weight excluding hydrogens is 230 g/mol. The maximum atomic E-state index is 12.1. The fraction of sp³-hybridized carbons (Fsp3) is 0.909. The summed E-state index contributed by atoms with van der Waals surface area (Å²) in [6, 6.07) is 0. The van der Waals surface area contributed by atoms with Crippen LogP contribution in [-0.2, 0) is 4.79 Å². The topological polar surface area (TPSA) is 29.1 Å². The van der Waals surface area contributed by atoms with Crippen molar-refractivity contribution >= 4 is 13.8 Å². The fourth-order valence-electron chi connectivity index (χ4n) is 2.93. The van der Waals surface area contributed by atoms with E-state index in [4.69, 9.17) is 7.85 Å². The zero-order valence-electron chi connectivity index (χ0n) is 9.57. The molecule has 0 aromatic rings. The first-order valence-corrected chi connectivity index (χ1v) is 5.89. The Labute approximate surface area is 99.7 Å². The maximum absolute atomic E-state index is 12.1. The van der Waals surface area contributed by atoms with E-state index in [9.17, 15) is 18.0 Å². The first-order chi connectivity index (χ1) is 7.75. The van der Waals surface area contributed by atoms with Crippen LogP contribution in [0.25, 0.3) is 0 Å². The molecule has 3 rings (SSSR count). The predicted octanol–water partition coefficient (Wildman–Crippen LogP) is 2.35. The number of nitrogens with one attached hydrogen (secondary N) is 1. The number of carbonyl (C=O) groups is 1. The molecule has 94 valence electrons. The van der Waals surface area contributed by atoms with Crippen LogP contribution in [0.15, 0.2) is 0 Å². The van der Waals surface area contributed by atoms with Crippen molar-refractivity contribution in [2.45, 2.75) is 50.0 Å². The van der Waals surface area contributed by atoms with Gasteiger partial charge in [0, 0.05) is 6.54 Å². The van der Waals surface area contributed by atoms with Gasteiger partial charge in [-0.1, -0.05) is 24.6 Å². The van der Waals surface area contributed by atoms with Crippen molar-refractivity contribution in [2.24, 2.45) is 5.41 Å². The molecule has 3 saturated carbocycles. The SMILES string of the molecule is [B]C12CCC(CNC(=O)C(F)(F)F)(CC1)CC2. The van der Waals surface area contributed by atoms with Gasteiger partial charge in [-0.2, -0.15) is 13.2 Å². The van der Waals surface area contributed by atoms with Gasteiger partial charge < -0.3 is 5.32 Å². The van der Waals surface area contributed by atoms with Crippen molar-refractivity contribution in [3.8, 4) is 0 Å². The van der Waals surface area contributed by atoms with Gasteiger partial charge in [0.25, 0.3) is 0 Å². The Balaban J connectivity index is 1.90. The highest BCUT2D eigenvalue weighted by molar-refractivity contribution is 6.15. The minimum Gasteiger partial charge on any atom is -0.348 e. The molecule has 0 aromatic heterocycles. The van der Waals surface area contributed by atoms with Gasteiger partial charge in [0.05, 0.1) is 7.85 Å². The van der Waals surface area contributed by atoms with E-state index in [1.165, 1.54) is 0 Å². The highest BCUT2D eigenvalue weighted by Gasteiger charge is 2.47. The summed E-state index contributed by atoms with van der Waals surface area (Å²) in [5.41, 5.74) is -0.151. The Kier molecular flexibility index (Phi) is 2.95. The summed E-state index contributed by atoms with van der Waals surface area (Å²) >= 11 is 0. The van der Waals surface area contributed by atoms with Gasteiger partial charge in [-0.3, -0.25) is 4.79 Å². The minimum atomic E-state index is -4.78. The molecule has 0 atom stereocenters. The number of amides is 1. The standard InChI is InChI=1S/C11H15BF3NO/c12-10-4-1-9(2-5-10,3-6-10)7-16-8(17)11(13,14)15/h1-7H2,(H,16,17). The molecule has 0 aromatic carbocycles. The van der Waals surface area contributed by atoms with Crippen molar-refractivity contribution in [1.29, 1.82) is 0 Å². The van der Waals surface area contributed by atoms with Gasteiger partial charge in [-0.15, -0.1) is 0 Å². The lowest BCUT2D eigenvalue weighted by Crippen LogP contribution is -2.48. The largest absolute Gasteiger partial charge is 0.471 e. The van der Waals surface area contributed by atoms with Gasteiger partial charge in [-0.25, -0.2) is 0 Å². The second-order valence-corrected chi connectivity index (χ2v) is 5.54. The van der Waals surface area contributed by atoms with Crippen molar-refractivity contribution in [1.82, 2.24) is 5.32 Å². The lowest BCUT2D eigenvalue weighted by Gasteiger charge is -2.52. The van der Waals surface area contributed by atoms with E-state index >= 15 is 0 Å². The molecule has 2 nitrogen and oxygen atoms in total. The summed E-state index contributed by atoms with van der Waals surface area (Å²) in [5, 5.41) is 1.92. The average Bonchev–Trinajstić information content (AvgIpc) is 2.27. The summed E-state index contributed by atoms with van der Waals surface area (Å²) in [6.45, 7) is 0.126. The normalized spacial score (nSPS) is 36.9. The Morgan fingerprint density at radius 3 is 2.00 bits per heavy atom. The summed E-state index contributed by atoms with van der Waals surface area (Å²) in [6.07, 6.45) is 0.251. The number of hydrogen-bond acceptors (Lipinski definition) is 1. The molecule has 0 unspecified atom stereocenters. The van der Waals surface area contributed by atoms with Crippen molar-refractivity contribution < 1.29 is 18.0 Å². The van der Waals surface area contributed by atoms with E-state index in [0.717, 1.165) is 38.5 Å². The average molecular weight is 245 g/mol. The van der Waals surface area contributed by atoms with Crippen LogP contribution in [0, 0.1) is 5.41 Å².